The lowest BCUT2D eigenvalue weighted by Crippen LogP contribution is -2.37. The van der Waals surface area contributed by atoms with Crippen molar-refractivity contribution >= 4 is 22.1 Å². The number of imidazole rings is 2. The maximum Gasteiger partial charge on any atom is 0.573 e. The minimum atomic E-state index is -4.69. The van der Waals surface area contributed by atoms with Crippen molar-refractivity contribution in [1.29, 1.82) is 0 Å². The predicted molar refractivity (Wildman–Crippen MR) is 200 cm³/mol. The van der Waals surface area contributed by atoms with Gasteiger partial charge >= 0.3 is 12.5 Å². The number of nitrogens with zero attached hydrogens (tertiary/aromatic N) is 6. The van der Waals surface area contributed by atoms with Gasteiger partial charge in [0.15, 0.2) is 0 Å². The Balaban J connectivity index is 0.000000174. The third-order valence-corrected chi connectivity index (χ3v) is 10.1. The lowest BCUT2D eigenvalue weighted by atomic mass is 10.1. The normalized spacial score (nSPS) is 18.4. The van der Waals surface area contributed by atoms with Crippen LogP contribution in [0.2, 0.25) is 0 Å². The number of hydrogen-bond acceptors (Lipinski definition) is 8. The first-order valence-electron chi connectivity index (χ1n) is 18.3. The first kappa shape index (κ1) is 40.1. The second kappa shape index (κ2) is 16.7. The van der Waals surface area contributed by atoms with Gasteiger partial charge < -0.3 is 28.1 Å². The minimum absolute atomic E-state index is 0.0948. The van der Waals surface area contributed by atoms with E-state index < -0.39 is 18.1 Å². The van der Waals surface area contributed by atoms with Gasteiger partial charge in [0.1, 0.15) is 11.5 Å². The highest BCUT2D eigenvalue weighted by Crippen LogP contribution is 2.37. The zero-order chi connectivity index (χ0) is 40.3. The summed E-state index contributed by atoms with van der Waals surface area (Å²) in [5.41, 5.74) is 6.63. The van der Waals surface area contributed by atoms with E-state index in [1.165, 1.54) is 31.4 Å². The van der Waals surface area contributed by atoms with E-state index in [0.717, 1.165) is 45.3 Å². The second-order valence-corrected chi connectivity index (χ2v) is 14.1. The van der Waals surface area contributed by atoms with Gasteiger partial charge in [-0.15, -0.1) is 13.2 Å². The summed E-state index contributed by atoms with van der Waals surface area (Å²) in [5.74, 6) is -0.359. The Hall–Kier alpha value is -5.16. The van der Waals surface area contributed by atoms with E-state index >= 15 is 0 Å². The molecule has 0 spiro atoms. The molecule has 4 aromatic carbocycles. The zero-order valence-electron chi connectivity index (χ0n) is 31.6. The number of aromatic nitrogens is 4. The largest absolute Gasteiger partial charge is 0.573 e. The monoisotopic (exact) mass is 796 g/mol. The summed E-state index contributed by atoms with van der Waals surface area (Å²) in [6.07, 6.45) is -5.82. The van der Waals surface area contributed by atoms with Crippen LogP contribution in [-0.2, 0) is 42.8 Å². The smallest absolute Gasteiger partial charge is 0.496 e. The van der Waals surface area contributed by atoms with Gasteiger partial charge in [0.25, 0.3) is 0 Å². The number of methoxy groups -OCH3 is 1. The summed E-state index contributed by atoms with van der Waals surface area (Å²) >= 11 is 0. The molecule has 0 amide bonds. The first-order valence-corrected chi connectivity index (χ1v) is 18.3. The number of benzene rings is 4. The fourth-order valence-electron chi connectivity index (χ4n) is 7.21. The molecule has 2 atom stereocenters. The van der Waals surface area contributed by atoms with Gasteiger partial charge in [-0.3, -0.25) is 9.80 Å². The Bertz CT molecular complexity index is 2310. The van der Waals surface area contributed by atoms with E-state index in [4.69, 9.17) is 14.2 Å². The number of aryl methyl sites for hydroxylation is 2. The Morgan fingerprint density at radius 2 is 1.23 bits per heavy atom. The molecule has 0 bridgehead atoms. The molecule has 0 N–H and O–H groups in total. The Kier molecular flexibility index (Phi) is 11.8. The lowest BCUT2D eigenvalue weighted by molar-refractivity contribution is -0.274. The molecular weight excluding hydrogens is 754 g/mol. The third-order valence-electron chi connectivity index (χ3n) is 10.1. The molecule has 0 aliphatic carbocycles. The van der Waals surface area contributed by atoms with Crippen molar-refractivity contribution in [2.75, 3.05) is 46.5 Å². The highest BCUT2D eigenvalue weighted by Gasteiger charge is 2.35. The molecule has 16 heteroatoms. The first-order chi connectivity index (χ1) is 27.2. The fraction of sp³-hybridized carbons (Fsp3) is 0.366. The van der Waals surface area contributed by atoms with Crippen LogP contribution < -0.4 is 9.47 Å². The van der Waals surface area contributed by atoms with Crippen LogP contribution in [0.3, 0.4) is 0 Å². The molecule has 302 valence electrons. The molecule has 2 saturated heterocycles. The molecular formula is C41H42F6N6O4. The predicted octanol–water partition coefficient (Wildman–Crippen LogP) is 8.22. The van der Waals surface area contributed by atoms with E-state index in [0.29, 0.717) is 51.5 Å². The number of ether oxygens (including phenoxy) is 4. The van der Waals surface area contributed by atoms with Crippen LogP contribution in [0.5, 0.6) is 11.5 Å². The summed E-state index contributed by atoms with van der Waals surface area (Å²) in [4.78, 5) is 12.9. The summed E-state index contributed by atoms with van der Waals surface area (Å²) in [6.45, 7) is 4.68. The SMILES string of the molecule is COc1ccc(CN2CCOC(c3ccc4ncn(C)c4c3)C2)cc1C(F)(F)F.Cn1cnc2ccc(C3CN(Cc4cccc(OC(F)(F)F)c4)CCO3)cc21. The maximum atomic E-state index is 13.3. The van der Waals surface area contributed by atoms with E-state index in [1.54, 1.807) is 30.9 Å². The minimum Gasteiger partial charge on any atom is -0.496 e. The highest BCUT2D eigenvalue weighted by molar-refractivity contribution is 5.76. The van der Waals surface area contributed by atoms with Gasteiger partial charge in [-0.2, -0.15) is 13.2 Å². The topological polar surface area (TPSA) is 79.0 Å². The van der Waals surface area contributed by atoms with Crippen molar-refractivity contribution in [1.82, 2.24) is 28.9 Å². The van der Waals surface area contributed by atoms with Crippen molar-refractivity contribution in [2.24, 2.45) is 14.1 Å². The Labute approximate surface area is 325 Å². The number of fused-ring (bicyclic) bond motifs is 2. The van der Waals surface area contributed by atoms with Crippen molar-refractivity contribution in [3.63, 3.8) is 0 Å². The average molecular weight is 797 g/mol. The highest BCUT2D eigenvalue weighted by atomic mass is 19.4. The van der Waals surface area contributed by atoms with Gasteiger partial charge in [0, 0.05) is 53.4 Å². The quantitative estimate of drug-likeness (QED) is 0.143. The Morgan fingerprint density at radius 1 is 0.684 bits per heavy atom. The lowest BCUT2D eigenvalue weighted by Gasteiger charge is -2.33. The summed E-state index contributed by atoms with van der Waals surface area (Å²) in [7, 11) is 5.13. The number of rotatable bonds is 8. The van der Waals surface area contributed by atoms with Gasteiger partial charge in [-0.1, -0.05) is 30.3 Å². The van der Waals surface area contributed by atoms with Crippen molar-refractivity contribution in [2.45, 2.75) is 37.8 Å². The molecule has 10 nitrogen and oxygen atoms in total. The van der Waals surface area contributed by atoms with Crippen molar-refractivity contribution < 1.29 is 45.3 Å². The molecule has 2 aliphatic rings. The van der Waals surface area contributed by atoms with Crippen LogP contribution in [-0.4, -0.2) is 81.8 Å². The molecule has 0 saturated carbocycles. The maximum absolute atomic E-state index is 13.3. The Morgan fingerprint density at radius 3 is 1.74 bits per heavy atom. The number of hydrogen-bond donors (Lipinski definition) is 0. The zero-order valence-corrected chi connectivity index (χ0v) is 31.6. The number of halogens is 6. The molecule has 2 aromatic heterocycles. The average Bonchev–Trinajstić information content (AvgIpc) is 3.75. The third kappa shape index (κ3) is 9.87. The van der Waals surface area contributed by atoms with Gasteiger partial charge in [0.05, 0.1) is 72.8 Å². The molecule has 57 heavy (non-hydrogen) atoms. The van der Waals surface area contributed by atoms with Gasteiger partial charge in [-0.05, 0) is 70.8 Å². The van der Waals surface area contributed by atoms with E-state index in [2.05, 4.69) is 36.6 Å². The summed E-state index contributed by atoms with van der Waals surface area (Å²) in [5, 5.41) is 0. The summed E-state index contributed by atoms with van der Waals surface area (Å²) in [6, 6.07) is 22.4. The molecule has 6 aromatic rings. The number of alkyl halides is 6. The van der Waals surface area contributed by atoms with Crippen LogP contribution in [0.4, 0.5) is 26.3 Å². The van der Waals surface area contributed by atoms with Crippen molar-refractivity contribution in [3.05, 3.63) is 119 Å². The van der Waals surface area contributed by atoms with E-state index in [1.807, 2.05) is 47.5 Å². The standard InChI is InChI=1S/C21H22F3N3O2.C20H20F3N3O2/c1-26-13-25-17-5-4-15(10-18(17)26)20-12-27(7-8-29-20)11-14-3-6-19(28-2)16(9-14)21(22,23)24;1-25-13-24-17-6-5-15(10-18(17)25)19-12-26(7-8-27-19)11-14-3-2-4-16(9-14)28-20(21,22)23/h3-6,9-10,13,20H,7-8,11-12H2,1-2H3;2-6,9-10,13,19H,7-8,11-12H2,1H3. The van der Waals surface area contributed by atoms with E-state index in [-0.39, 0.29) is 23.7 Å². The van der Waals surface area contributed by atoms with Crippen LogP contribution >= 0.6 is 0 Å². The molecule has 4 heterocycles. The van der Waals surface area contributed by atoms with Crippen LogP contribution in [0.15, 0.2) is 91.5 Å². The summed E-state index contributed by atoms with van der Waals surface area (Å²) < 4.78 is 102. The molecule has 8 rings (SSSR count). The van der Waals surface area contributed by atoms with Gasteiger partial charge in [-0.25, -0.2) is 9.97 Å². The van der Waals surface area contributed by atoms with Gasteiger partial charge in [0.2, 0.25) is 0 Å². The molecule has 2 unspecified atom stereocenters. The fourth-order valence-corrected chi connectivity index (χ4v) is 7.21. The van der Waals surface area contributed by atoms with E-state index in [9.17, 15) is 26.3 Å². The molecule has 2 fully saturated rings. The van der Waals surface area contributed by atoms with Crippen molar-refractivity contribution in [3.8, 4) is 11.5 Å². The van der Waals surface area contributed by atoms with Crippen LogP contribution in [0.25, 0.3) is 22.1 Å². The molecule has 0 radical (unpaired) electrons. The van der Waals surface area contributed by atoms with Crippen LogP contribution in [0, 0.1) is 0 Å². The number of morpholine rings is 2. The second-order valence-electron chi connectivity index (χ2n) is 14.1. The van der Waals surface area contributed by atoms with Crippen LogP contribution in [0.1, 0.15) is 40.0 Å². The molecule has 2 aliphatic heterocycles.